The van der Waals surface area contributed by atoms with E-state index in [-0.39, 0.29) is 23.5 Å². The van der Waals surface area contributed by atoms with Crippen molar-refractivity contribution in [1.82, 2.24) is 19.4 Å². The van der Waals surface area contributed by atoms with E-state index in [4.69, 9.17) is 11.6 Å². The Balaban J connectivity index is 1.45. The Bertz CT molecular complexity index is 1130. The lowest BCUT2D eigenvalue weighted by molar-refractivity contribution is -0.389. The summed E-state index contributed by atoms with van der Waals surface area (Å²) < 4.78 is 15.5. The van der Waals surface area contributed by atoms with Crippen LogP contribution >= 0.6 is 11.6 Å². The number of fused-ring (bicyclic) bond motifs is 1. The third-order valence-corrected chi connectivity index (χ3v) is 5.56. The molecule has 1 N–H and O–H groups in total. The van der Waals surface area contributed by atoms with Crippen molar-refractivity contribution in [3.05, 3.63) is 75.1 Å². The van der Waals surface area contributed by atoms with Gasteiger partial charge in [-0.3, -0.25) is 14.5 Å². The van der Waals surface area contributed by atoms with Gasteiger partial charge in [-0.2, -0.15) is 0 Å². The first-order chi connectivity index (χ1) is 14.7. The van der Waals surface area contributed by atoms with Gasteiger partial charge in [-0.25, -0.2) is 4.39 Å². The van der Waals surface area contributed by atoms with Crippen LogP contribution in [0.3, 0.4) is 0 Å². The van der Waals surface area contributed by atoms with Crippen molar-refractivity contribution in [3.8, 4) is 11.3 Å². The van der Waals surface area contributed by atoms with Crippen molar-refractivity contribution >= 4 is 17.4 Å². The highest BCUT2D eigenvalue weighted by Crippen LogP contribution is 2.26. The summed E-state index contributed by atoms with van der Waals surface area (Å²) in [4.78, 5) is 20.7. The molecule has 0 aliphatic carbocycles. The van der Waals surface area contributed by atoms with Gasteiger partial charge in [-0.15, -0.1) is 0 Å². The SMILES string of the molecule is CC(O)(CN1CCc2nc(-c3ccccc3F)ccc2C1)Cn1cc([N+](=O)[O-])nc1Cl. The summed E-state index contributed by atoms with van der Waals surface area (Å²) in [6, 6.07) is 10.3. The van der Waals surface area contributed by atoms with Crippen LogP contribution in [0.5, 0.6) is 0 Å². The monoisotopic (exact) mass is 445 g/mol. The lowest BCUT2D eigenvalue weighted by atomic mass is 10.00. The molecule has 1 aliphatic heterocycles. The van der Waals surface area contributed by atoms with Crippen molar-refractivity contribution in [1.29, 1.82) is 0 Å². The summed E-state index contributed by atoms with van der Waals surface area (Å²) in [6.07, 6.45) is 1.89. The number of β-amino-alcohol motifs (C(OH)–C–C–N with tert-alkyl or cyclic N) is 1. The Labute approximate surface area is 183 Å². The molecule has 0 amide bonds. The molecule has 1 aromatic carbocycles. The Hall–Kier alpha value is -2.88. The molecule has 162 valence electrons. The third kappa shape index (κ3) is 4.73. The maximum Gasteiger partial charge on any atom is 0.383 e. The molecule has 1 unspecified atom stereocenters. The Morgan fingerprint density at radius 2 is 2.03 bits per heavy atom. The molecule has 0 saturated heterocycles. The average Bonchev–Trinajstić information content (AvgIpc) is 3.07. The number of imidazole rings is 1. The highest BCUT2D eigenvalue weighted by molar-refractivity contribution is 6.28. The minimum atomic E-state index is -1.18. The van der Waals surface area contributed by atoms with Gasteiger partial charge in [0.25, 0.3) is 0 Å². The van der Waals surface area contributed by atoms with Crippen molar-refractivity contribution in [2.75, 3.05) is 13.1 Å². The van der Waals surface area contributed by atoms with Crippen LogP contribution in [0.25, 0.3) is 11.3 Å². The summed E-state index contributed by atoms with van der Waals surface area (Å²) >= 11 is 5.97. The predicted molar refractivity (Wildman–Crippen MR) is 113 cm³/mol. The Kier molecular flexibility index (Phi) is 5.74. The number of nitrogens with zero attached hydrogens (tertiary/aromatic N) is 5. The molecular weight excluding hydrogens is 425 g/mol. The van der Waals surface area contributed by atoms with Gasteiger partial charge in [0.05, 0.1) is 17.8 Å². The predicted octanol–water partition coefficient (Wildman–Crippen LogP) is 3.46. The van der Waals surface area contributed by atoms with Gasteiger partial charge in [0, 0.05) is 37.3 Å². The molecule has 0 fully saturated rings. The van der Waals surface area contributed by atoms with Gasteiger partial charge in [0.1, 0.15) is 12.0 Å². The molecule has 1 aliphatic rings. The minimum absolute atomic E-state index is 0.0409. The van der Waals surface area contributed by atoms with Crippen molar-refractivity contribution in [3.63, 3.8) is 0 Å². The maximum absolute atomic E-state index is 14.1. The summed E-state index contributed by atoms with van der Waals surface area (Å²) in [6.45, 7) is 3.33. The summed E-state index contributed by atoms with van der Waals surface area (Å²) in [7, 11) is 0. The third-order valence-electron chi connectivity index (χ3n) is 5.25. The minimum Gasteiger partial charge on any atom is -0.387 e. The lowest BCUT2D eigenvalue weighted by Gasteiger charge is -2.34. The van der Waals surface area contributed by atoms with E-state index in [1.54, 1.807) is 25.1 Å². The van der Waals surface area contributed by atoms with Crippen LogP contribution in [-0.4, -0.2) is 48.2 Å². The fraction of sp³-hybridized carbons (Fsp3) is 0.333. The van der Waals surface area contributed by atoms with E-state index >= 15 is 0 Å². The van der Waals surface area contributed by atoms with E-state index in [1.807, 2.05) is 12.1 Å². The summed E-state index contributed by atoms with van der Waals surface area (Å²) in [5.41, 5.74) is 1.84. The second-order valence-corrected chi connectivity index (χ2v) is 8.33. The molecule has 8 nitrogen and oxygen atoms in total. The van der Waals surface area contributed by atoms with Crippen LogP contribution in [0, 0.1) is 15.9 Å². The first-order valence-electron chi connectivity index (χ1n) is 9.77. The molecule has 2 aromatic heterocycles. The second-order valence-electron chi connectivity index (χ2n) is 7.99. The van der Waals surface area contributed by atoms with Crippen LogP contribution in [0.4, 0.5) is 10.2 Å². The van der Waals surface area contributed by atoms with Crippen LogP contribution < -0.4 is 0 Å². The fourth-order valence-corrected chi connectivity index (χ4v) is 4.10. The number of hydrogen-bond donors (Lipinski definition) is 1. The van der Waals surface area contributed by atoms with Gasteiger partial charge < -0.3 is 15.2 Å². The molecule has 0 saturated carbocycles. The number of benzene rings is 1. The zero-order chi connectivity index (χ0) is 22.2. The topological polar surface area (TPSA) is 97.3 Å². The number of nitro groups is 1. The molecule has 0 spiro atoms. The number of aliphatic hydroxyl groups is 1. The molecule has 3 heterocycles. The van der Waals surface area contributed by atoms with Crippen LogP contribution in [0.2, 0.25) is 5.28 Å². The first kappa shape index (κ1) is 21.4. The first-order valence-corrected chi connectivity index (χ1v) is 10.2. The van der Waals surface area contributed by atoms with E-state index in [9.17, 15) is 19.6 Å². The van der Waals surface area contributed by atoms with E-state index < -0.39 is 10.5 Å². The highest BCUT2D eigenvalue weighted by atomic mass is 35.5. The lowest BCUT2D eigenvalue weighted by Crippen LogP contribution is -2.45. The maximum atomic E-state index is 14.1. The van der Waals surface area contributed by atoms with E-state index in [0.29, 0.717) is 37.3 Å². The highest BCUT2D eigenvalue weighted by Gasteiger charge is 2.30. The fourth-order valence-electron chi connectivity index (χ4n) is 3.91. The van der Waals surface area contributed by atoms with Crippen LogP contribution in [-0.2, 0) is 19.5 Å². The number of aromatic nitrogens is 3. The molecule has 4 rings (SSSR count). The largest absolute Gasteiger partial charge is 0.387 e. The zero-order valence-electron chi connectivity index (χ0n) is 16.8. The van der Waals surface area contributed by atoms with E-state index in [2.05, 4.69) is 14.9 Å². The molecule has 0 bridgehead atoms. The normalized spacial score (nSPS) is 16.0. The quantitative estimate of drug-likeness (QED) is 0.461. The summed E-state index contributed by atoms with van der Waals surface area (Å²) in [5.74, 6) is -0.661. The number of halogens is 2. The van der Waals surface area contributed by atoms with Gasteiger partial charge >= 0.3 is 11.1 Å². The van der Waals surface area contributed by atoms with Gasteiger partial charge in [-0.1, -0.05) is 18.2 Å². The molecule has 1 atom stereocenters. The molecule has 10 heteroatoms. The molecule has 3 aromatic rings. The van der Waals surface area contributed by atoms with Crippen LogP contribution in [0.1, 0.15) is 18.2 Å². The van der Waals surface area contributed by atoms with E-state index in [1.165, 1.54) is 16.8 Å². The van der Waals surface area contributed by atoms with Crippen molar-refractivity contribution < 1.29 is 14.4 Å². The van der Waals surface area contributed by atoms with E-state index in [0.717, 1.165) is 11.3 Å². The molecule has 0 radical (unpaired) electrons. The van der Waals surface area contributed by atoms with Gasteiger partial charge in [-0.05, 0) is 52.2 Å². The van der Waals surface area contributed by atoms with Crippen molar-refractivity contribution in [2.45, 2.75) is 32.0 Å². The number of rotatable bonds is 6. The molecular formula is C21H21ClFN5O3. The standard InChI is InChI=1S/C21H21ClFN5O3/c1-21(29,13-27-11-19(28(30)31)25-20(27)22)12-26-9-8-17-14(10-26)6-7-18(24-17)15-4-2-3-5-16(15)23/h2-7,11,29H,8-10,12-13H2,1H3. The number of hydrogen-bond acceptors (Lipinski definition) is 6. The summed E-state index contributed by atoms with van der Waals surface area (Å²) in [5, 5.41) is 21.7. The van der Waals surface area contributed by atoms with Crippen molar-refractivity contribution in [2.24, 2.45) is 0 Å². The Morgan fingerprint density at radius 1 is 1.26 bits per heavy atom. The zero-order valence-corrected chi connectivity index (χ0v) is 17.6. The van der Waals surface area contributed by atoms with Crippen LogP contribution in [0.15, 0.2) is 42.6 Å². The second kappa shape index (κ2) is 8.33. The smallest absolute Gasteiger partial charge is 0.383 e. The molecule has 31 heavy (non-hydrogen) atoms. The average molecular weight is 446 g/mol. The van der Waals surface area contributed by atoms with Gasteiger partial charge in [0.2, 0.25) is 0 Å². The Morgan fingerprint density at radius 3 is 2.74 bits per heavy atom. The number of pyridine rings is 1. The van der Waals surface area contributed by atoms with Gasteiger partial charge in [0.15, 0.2) is 0 Å².